The van der Waals surface area contributed by atoms with Crippen LogP contribution in [0.3, 0.4) is 0 Å². The second-order valence-electron chi connectivity index (χ2n) is 5.57. The number of carboxylic acid groups (broad SMARTS) is 1. The van der Waals surface area contributed by atoms with Crippen molar-refractivity contribution >= 4 is 11.9 Å². The third-order valence-electron chi connectivity index (χ3n) is 4.16. The molecule has 1 aliphatic heterocycles. The molecule has 0 radical (unpaired) electrons. The van der Waals surface area contributed by atoms with Crippen molar-refractivity contribution in [2.24, 2.45) is 5.92 Å². The summed E-state index contributed by atoms with van der Waals surface area (Å²) in [5, 5.41) is 9.54. The van der Waals surface area contributed by atoms with Crippen molar-refractivity contribution in [1.82, 2.24) is 4.90 Å². The molecule has 1 aliphatic rings. The van der Waals surface area contributed by atoms with Gasteiger partial charge in [0.2, 0.25) is 5.91 Å². The zero-order chi connectivity index (χ0) is 14.7. The van der Waals surface area contributed by atoms with Gasteiger partial charge in [0.05, 0.1) is 5.92 Å². The van der Waals surface area contributed by atoms with Gasteiger partial charge in [-0.05, 0) is 31.2 Å². The largest absolute Gasteiger partial charge is 0.481 e. The van der Waals surface area contributed by atoms with E-state index < -0.39 is 11.9 Å². The molecule has 20 heavy (non-hydrogen) atoms. The summed E-state index contributed by atoms with van der Waals surface area (Å²) < 4.78 is 0. The minimum atomic E-state index is -0.768. The molecule has 0 spiro atoms. The molecule has 1 atom stereocenters. The Morgan fingerprint density at radius 1 is 1.20 bits per heavy atom. The van der Waals surface area contributed by atoms with Crippen LogP contribution in [0.4, 0.5) is 0 Å². The molecule has 4 nitrogen and oxygen atoms in total. The lowest BCUT2D eigenvalue weighted by molar-refractivity contribution is -0.140. The zero-order valence-corrected chi connectivity index (χ0v) is 12.0. The standard InChI is InChI=1S/C16H21NO3/c1-11-3-5-13(6-4-11)15(16(19)20)14-7-9-17(10-8-14)12(2)18/h3-6,14-15H,7-10H2,1-2H3,(H,19,20). The topological polar surface area (TPSA) is 57.6 Å². The lowest BCUT2D eigenvalue weighted by Crippen LogP contribution is -2.39. The van der Waals surface area contributed by atoms with Crippen LogP contribution in [0.15, 0.2) is 24.3 Å². The Labute approximate surface area is 119 Å². The van der Waals surface area contributed by atoms with Crippen LogP contribution in [0.2, 0.25) is 0 Å². The highest BCUT2D eigenvalue weighted by Gasteiger charge is 2.32. The Balaban J connectivity index is 2.12. The fraction of sp³-hybridized carbons (Fsp3) is 0.500. The molecule has 0 bridgehead atoms. The zero-order valence-electron chi connectivity index (χ0n) is 12.0. The van der Waals surface area contributed by atoms with Gasteiger partial charge in [-0.25, -0.2) is 0 Å². The molecule has 1 aromatic rings. The van der Waals surface area contributed by atoms with Crippen LogP contribution < -0.4 is 0 Å². The van der Waals surface area contributed by atoms with Gasteiger partial charge in [-0.2, -0.15) is 0 Å². The number of amides is 1. The molecule has 0 aromatic heterocycles. The van der Waals surface area contributed by atoms with Gasteiger partial charge in [-0.3, -0.25) is 9.59 Å². The fourth-order valence-corrected chi connectivity index (χ4v) is 2.94. The summed E-state index contributed by atoms with van der Waals surface area (Å²) in [5.41, 5.74) is 1.99. The van der Waals surface area contributed by atoms with Gasteiger partial charge < -0.3 is 10.0 Å². The maximum Gasteiger partial charge on any atom is 0.311 e. The molecule has 1 heterocycles. The second kappa shape index (κ2) is 6.07. The number of rotatable bonds is 3. The smallest absolute Gasteiger partial charge is 0.311 e. The summed E-state index contributed by atoms with van der Waals surface area (Å²) in [6.45, 7) is 4.88. The van der Waals surface area contributed by atoms with E-state index in [4.69, 9.17) is 0 Å². The van der Waals surface area contributed by atoms with Crippen LogP contribution >= 0.6 is 0 Å². The molecular formula is C16H21NO3. The Morgan fingerprint density at radius 3 is 2.20 bits per heavy atom. The lowest BCUT2D eigenvalue weighted by atomic mass is 9.80. The first kappa shape index (κ1) is 14.6. The molecule has 1 saturated heterocycles. The predicted octanol–water partition coefficient (Wildman–Crippen LogP) is 2.42. The van der Waals surface area contributed by atoms with E-state index in [2.05, 4.69) is 0 Å². The number of carbonyl (C=O) groups is 2. The maximum atomic E-state index is 11.6. The fourth-order valence-electron chi connectivity index (χ4n) is 2.94. The Kier molecular flexibility index (Phi) is 4.42. The number of carbonyl (C=O) groups excluding carboxylic acids is 1. The van der Waals surface area contributed by atoms with Crippen molar-refractivity contribution in [3.8, 4) is 0 Å². The number of likely N-dealkylation sites (tertiary alicyclic amines) is 1. The molecule has 4 heteroatoms. The lowest BCUT2D eigenvalue weighted by Gasteiger charge is -2.34. The third kappa shape index (κ3) is 3.18. The van der Waals surface area contributed by atoms with Crippen LogP contribution in [0.25, 0.3) is 0 Å². The van der Waals surface area contributed by atoms with Gasteiger partial charge in [-0.15, -0.1) is 0 Å². The van der Waals surface area contributed by atoms with Crippen molar-refractivity contribution in [1.29, 1.82) is 0 Å². The van der Waals surface area contributed by atoms with E-state index in [1.54, 1.807) is 11.8 Å². The quantitative estimate of drug-likeness (QED) is 0.921. The van der Waals surface area contributed by atoms with E-state index >= 15 is 0 Å². The molecule has 2 rings (SSSR count). The number of hydrogen-bond donors (Lipinski definition) is 1. The first-order chi connectivity index (χ1) is 9.49. The molecule has 1 amide bonds. The molecule has 1 aromatic carbocycles. The third-order valence-corrected chi connectivity index (χ3v) is 4.16. The summed E-state index contributed by atoms with van der Waals surface area (Å²) in [6.07, 6.45) is 1.51. The minimum absolute atomic E-state index is 0.0747. The van der Waals surface area contributed by atoms with E-state index in [0.717, 1.165) is 24.0 Å². The Bertz CT molecular complexity index is 487. The molecule has 0 saturated carbocycles. The van der Waals surface area contributed by atoms with Gasteiger partial charge in [0.15, 0.2) is 0 Å². The number of hydrogen-bond acceptors (Lipinski definition) is 2. The summed E-state index contributed by atoms with van der Waals surface area (Å²) in [5.74, 6) is -1.06. The summed E-state index contributed by atoms with van der Waals surface area (Å²) in [7, 11) is 0. The average Bonchev–Trinajstić information content (AvgIpc) is 2.41. The SMILES string of the molecule is CC(=O)N1CCC(C(C(=O)O)c2ccc(C)cc2)CC1. The normalized spacial score (nSPS) is 17.8. The van der Waals surface area contributed by atoms with Crippen molar-refractivity contribution in [3.63, 3.8) is 0 Å². The van der Waals surface area contributed by atoms with E-state index in [9.17, 15) is 14.7 Å². The second-order valence-corrected chi connectivity index (χ2v) is 5.57. The minimum Gasteiger partial charge on any atom is -0.481 e. The van der Waals surface area contributed by atoms with E-state index in [0.29, 0.717) is 13.1 Å². The monoisotopic (exact) mass is 275 g/mol. The Hall–Kier alpha value is -1.84. The summed E-state index contributed by atoms with van der Waals surface area (Å²) in [4.78, 5) is 24.7. The number of carboxylic acids is 1. The molecule has 108 valence electrons. The van der Waals surface area contributed by atoms with Gasteiger partial charge in [0.1, 0.15) is 0 Å². The summed E-state index contributed by atoms with van der Waals surface area (Å²) >= 11 is 0. The highest BCUT2D eigenvalue weighted by molar-refractivity contribution is 5.77. The molecule has 0 aliphatic carbocycles. The highest BCUT2D eigenvalue weighted by Crippen LogP contribution is 2.33. The van der Waals surface area contributed by atoms with Gasteiger partial charge in [-0.1, -0.05) is 29.8 Å². The van der Waals surface area contributed by atoms with Crippen molar-refractivity contribution < 1.29 is 14.7 Å². The molecule has 1 unspecified atom stereocenters. The number of benzene rings is 1. The van der Waals surface area contributed by atoms with Crippen LogP contribution in [0.5, 0.6) is 0 Å². The first-order valence-electron chi connectivity index (χ1n) is 7.04. The number of nitrogens with zero attached hydrogens (tertiary/aromatic N) is 1. The number of piperidine rings is 1. The van der Waals surface area contributed by atoms with E-state index in [-0.39, 0.29) is 11.8 Å². The highest BCUT2D eigenvalue weighted by atomic mass is 16.4. The van der Waals surface area contributed by atoms with E-state index in [1.807, 2.05) is 31.2 Å². The number of aryl methyl sites for hydroxylation is 1. The predicted molar refractivity (Wildman–Crippen MR) is 76.5 cm³/mol. The van der Waals surface area contributed by atoms with Crippen molar-refractivity contribution in [2.75, 3.05) is 13.1 Å². The average molecular weight is 275 g/mol. The van der Waals surface area contributed by atoms with Crippen LogP contribution in [-0.2, 0) is 9.59 Å². The molecule has 1 N–H and O–H groups in total. The molecular weight excluding hydrogens is 254 g/mol. The van der Waals surface area contributed by atoms with Gasteiger partial charge >= 0.3 is 5.97 Å². The van der Waals surface area contributed by atoms with Crippen LogP contribution in [0.1, 0.15) is 36.8 Å². The van der Waals surface area contributed by atoms with Crippen LogP contribution in [-0.4, -0.2) is 35.0 Å². The Morgan fingerprint density at radius 2 is 1.75 bits per heavy atom. The van der Waals surface area contributed by atoms with Gasteiger partial charge in [0.25, 0.3) is 0 Å². The van der Waals surface area contributed by atoms with Gasteiger partial charge in [0, 0.05) is 20.0 Å². The van der Waals surface area contributed by atoms with E-state index in [1.165, 1.54) is 0 Å². The van der Waals surface area contributed by atoms with Crippen molar-refractivity contribution in [2.45, 2.75) is 32.6 Å². The molecule has 1 fully saturated rings. The van der Waals surface area contributed by atoms with Crippen molar-refractivity contribution in [3.05, 3.63) is 35.4 Å². The number of aliphatic carboxylic acids is 1. The maximum absolute atomic E-state index is 11.6. The summed E-state index contributed by atoms with van der Waals surface area (Å²) in [6, 6.07) is 7.73. The van der Waals surface area contributed by atoms with Crippen LogP contribution in [0, 0.1) is 12.8 Å². The first-order valence-corrected chi connectivity index (χ1v) is 7.04.